The quantitative estimate of drug-likeness (QED) is 0.477. The van der Waals surface area contributed by atoms with Crippen molar-refractivity contribution in [2.75, 3.05) is 19.7 Å². The molecule has 0 saturated heterocycles. The third-order valence-electron chi connectivity index (χ3n) is 3.69. The Hall–Kier alpha value is -1.06. The van der Waals surface area contributed by atoms with Gasteiger partial charge >= 0.3 is 5.97 Å². The summed E-state index contributed by atoms with van der Waals surface area (Å²) in [5.74, 6) is 0.250. The normalized spacial score (nSPS) is 14.8. The van der Waals surface area contributed by atoms with E-state index >= 15 is 0 Å². The fourth-order valence-corrected chi connectivity index (χ4v) is 2.26. The van der Waals surface area contributed by atoms with Crippen LogP contribution in [0, 0.1) is 5.92 Å². The van der Waals surface area contributed by atoms with Crippen LogP contribution in [0.25, 0.3) is 0 Å². The number of unbranched alkanes of at least 4 members (excludes halogenated alkanes) is 2. The molecule has 4 nitrogen and oxygen atoms in total. The first-order valence-electron chi connectivity index (χ1n) is 7.63. The molecule has 0 aromatic heterocycles. The summed E-state index contributed by atoms with van der Waals surface area (Å²) in [5.41, 5.74) is 0. The molecule has 1 aliphatic rings. The summed E-state index contributed by atoms with van der Waals surface area (Å²) in [5, 5.41) is 0. The van der Waals surface area contributed by atoms with Crippen molar-refractivity contribution < 1.29 is 14.3 Å². The second-order valence-corrected chi connectivity index (χ2v) is 5.22. The Morgan fingerprint density at radius 1 is 1.16 bits per heavy atom. The molecule has 1 fully saturated rings. The van der Waals surface area contributed by atoms with E-state index in [1.165, 1.54) is 0 Å². The van der Waals surface area contributed by atoms with Gasteiger partial charge in [-0.25, -0.2) is 0 Å². The van der Waals surface area contributed by atoms with Crippen LogP contribution in [0.3, 0.4) is 0 Å². The summed E-state index contributed by atoms with van der Waals surface area (Å²) in [6.45, 7) is 5.65. The molecule has 0 N–H and O–H groups in total. The second-order valence-electron chi connectivity index (χ2n) is 5.22. The molecular formula is C15H27NO3. The molecule has 19 heavy (non-hydrogen) atoms. The number of nitrogens with zero attached hydrogens (tertiary/aromatic N) is 1. The topological polar surface area (TPSA) is 46.6 Å². The van der Waals surface area contributed by atoms with Gasteiger partial charge in [0, 0.05) is 19.0 Å². The average Bonchev–Trinajstić information content (AvgIpc) is 2.31. The highest BCUT2D eigenvalue weighted by atomic mass is 16.5. The lowest BCUT2D eigenvalue weighted by molar-refractivity contribution is -0.145. The van der Waals surface area contributed by atoms with Crippen molar-refractivity contribution in [2.45, 2.75) is 58.8 Å². The maximum absolute atomic E-state index is 12.3. The van der Waals surface area contributed by atoms with E-state index in [4.69, 9.17) is 4.74 Å². The minimum Gasteiger partial charge on any atom is -0.466 e. The molecule has 0 heterocycles. The highest BCUT2D eigenvalue weighted by Crippen LogP contribution is 2.28. The summed E-state index contributed by atoms with van der Waals surface area (Å²) >= 11 is 0. The van der Waals surface area contributed by atoms with Crippen LogP contribution in [0.1, 0.15) is 58.8 Å². The van der Waals surface area contributed by atoms with E-state index < -0.39 is 0 Å². The predicted octanol–water partition coefficient (Wildman–Crippen LogP) is 2.76. The number of rotatable bonds is 9. The zero-order chi connectivity index (χ0) is 14.1. The van der Waals surface area contributed by atoms with Crippen molar-refractivity contribution in [3.63, 3.8) is 0 Å². The Balaban J connectivity index is 2.38. The van der Waals surface area contributed by atoms with Crippen LogP contribution in [0.4, 0.5) is 0 Å². The molecule has 1 saturated carbocycles. The molecule has 0 aromatic rings. The van der Waals surface area contributed by atoms with Gasteiger partial charge in [0.2, 0.25) is 5.91 Å². The minimum absolute atomic E-state index is 0.204. The first-order chi connectivity index (χ1) is 9.19. The van der Waals surface area contributed by atoms with E-state index in [9.17, 15) is 9.59 Å². The maximum atomic E-state index is 12.3. The largest absolute Gasteiger partial charge is 0.466 e. The highest BCUT2D eigenvalue weighted by molar-refractivity contribution is 5.80. The minimum atomic E-state index is -0.204. The molecule has 1 rings (SSSR count). The third kappa shape index (κ3) is 5.62. The Bertz CT molecular complexity index is 287. The summed E-state index contributed by atoms with van der Waals surface area (Å²) < 4.78 is 4.92. The standard InChI is InChI=1S/C15H27NO3/c1-3-5-6-11-16(12-10-14(17)19-4-2)15(18)13-8-7-9-13/h13H,3-12H2,1-2H3. The van der Waals surface area contributed by atoms with E-state index in [1.807, 2.05) is 4.90 Å². The van der Waals surface area contributed by atoms with Crippen molar-refractivity contribution >= 4 is 11.9 Å². The summed E-state index contributed by atoms with van der Waals surface area (Å²) in [7, 11) is 0. The van der Waals surface area contributed by atoms with Crippen LogP contribution in [-0.2, 0) is 14.3 Å². The highest BCUT2D eigenvalue weighted by Gasteiger charge is 2.29. The van der Waals surface area contributed by atoms with Crippen molar-refractivity contribution in [3.8, 4) is 0 Å². The molecule has 1 aliphatic carbocycles. The second kappa shape index (κ2) is 8.94. The van der Waals surface area contributed by atoms with Crippen LogP contribution < -0.4 is 0 Å². The smallest absolute Gasteiger partial charge is 0.307 e. The van der Waals surface area contributed by atoms with Crippen LogP contribution >= 0.6 is 0 Å². The van der Waals surface area contributed by atoms with Gasteiger partial charge in [0.05, 0.1) is 13.0 Å². The Kier molecular flexibility index (Phi) is 7.53. The van der Waals surface area contributed by atoms with Crippen molar-refractivity contribution in [3.05, 3.63) is 0 Å². The molecular weight excluding hydrogens is 242 g/mol. The van der Waals surface area contributed by atoms with Gasteiger partial charge < -0.3 is 9.64 Å². The lowest BCUT2D eigenvalue weighted by Crippen LogP contribution is -2.40. The predicted molar refractivity (Wildman–Crippen MR) is 74.7 cm³/mol. The lowest BCUT2D eigenvalue weighted by Gasteiger charge is -2.31. The monoisotopic (exact) mass is 269 g/mol. The van der Waals surface area contributed by atoms with E-state index in [2.05, 4.69) is 6.92 Å². The van der Waals surface area contributed by atoms with E-state index in [-0.39, 0.29) is 17.8 Å². The molecule has 0 unspecified atom stereocenters. The van der Waals surface area contributed by atoms with Crippen molar-refractivity contribution in [2.24, 2.45) is 5.92 Å². The molecule has 1 amide bonds. The van der Waals surface area contributed by atoms with E-state index in [1.54, 1.807) is 6.92 Å². The van der Waals surface area contributed by atoms with Gasteiger partial charge in [-0.2, -0.15) is 0 Å². The molecule has 0 bridgehead atoms. The summed E-state index contributed by atoms with van der Waals surface area (Å²) in [6.07, 6.45) is 6.81. The Labute approximate surface area is 116 Å². The summed E-state index contributed by atoms with van der Waals surface area (Å²) in [4.78, 5) is 25.5. The number of carbonyl (C=O) groups is 2. The first-order valence-corrected chi connectivity index (χ1v) is 7.63. The van der Waals surface area contributed by atoms with Crippen molar-refractivity contribution in [1.29, 1.82) is 0 Å². The Morgan fingerprint density at radius 2 is 1.89 bits per heavy atom. The number of ether oxygens (including phenoxy) is 1. The average molecular weight is 269 g/mol. The fourth-order valence-electron chi connectivity index (χ4n) is 2.26. The third-order valence-corrected chi connectivity index (χ3v) is 3.69. The molecule has 4 heteroatoms. The molecule has 0 radical (unpaired) electrons. The lowest BCUT2D eigenvalue weighted by atomic mass is 9.84. The molecule has 0 aliphatic heterocycles. The van der Waals surface area contributed by atoms with Gasteiger partial charge in [-0.05, 0) is 26.2 Å². The number of carbonyl (C=O) groups excluding carboxylic acids is 2. The first kappa shape index (κ1) is 16.0. The van der Waals surface area contributed by atoms with Gasteiger partial charge in [-0.3, -0.25) is 9.59 Å². The van der Waals surface area contributed by atoms with Crippen LogP contribution in [-0.4, -0.2) is 36.5 Å². The number of hydrogen-bond acceptors (Lipinski definition) is 3. The van der Waals surface area contributed by atoms with E-state index in [0.717, 1.165) is 45.1 Å². The van der Waals surface area contributed by atoms with Gasteiger partial charge in [0.25, 0.3) is 0 Å². The fraction of sp³-hybridized carbons (Fsp3) is 0.867. The van der Waals surface area contributed by atoms with Crippen LogP contribution in [0.15, 0.2) is 0 Å². The number of esters is 1. The van der Waals surface area contributed by atoms with Crippen LogP contribution in [0.5, 0.6) is 0 Å². The van der Waals surface area contributed by atoms with Gasteiger partial charge in [-0.15, -0.1) is 0 Å². The van der Waals surface area contributed by atoms with E-state index in [0.29, 0.717) is 19.6 Å². The van der Waals surface area contributed by atoms with Crippen LogP contribution in [0.2, 0.25) is 0 Å². The summed E-state index contributed by atoms with van der Waals surface area (Å²) in [6, 6.07) is 0. The van der Waals surface area contributed by atoms with Crippen molar-refractivity contribution in [1.82, 2.24) is 4.90 Å². The molecule has 0 aromatic carbocycles. The Morgan fingerprint density at radius 3 is 2.42 bits per heavy atom. The van der Waals surface area contributed by atoms with Gasteiger partial charge in [0.15, 0.2) is 0 Å². The zero-order valence-corrected chi connectivity index (χ0v) is 12.3. The zero-order valence-electron chi connectivity index (χ0n) is 12.3. The SMILES string of the molecule is CCCCCN(CCC(=O)OCC)C(=O)C1CCC1. The van der Waals surface area contributed by atoms with Gasteiger partial charge in [0.1, 0.15) is 0 Å². The molecule has 110 valence electrons. The maximum Gasteiger partial charge on any atom is 0.307 e. The number of amides is 1. The van der Waals surface area contributed by atoms with Gasteiger partial charge in [-0.1, -0.05) is 26.2 Å². The number of hydrogen-bond donors (Lipinski definition) is 0. The molecule has 0 atom stereocenters. The molecule has 0 spiro atoms.